The highest BCUT2D eigenvalue weighted by atomic mass is 32.1. The van der Waals surface area contributed by atoms with E-state index in [2.05, 4.69) is 17.1 Å². The van der Waals surface area contributed by atoms with Crippen LogP contribution in [0.2, 0.25) is 0 Å². The Kier molecular flexibility index (Phi) is 6.11. The molecular formula is C25H25N3O4S. The number of para-hydroxylation sites is 2. The lowest BCUT2D eigenvalue weighted by Gasteiger charge is -2.37. The molecule has 2 aromatic carbocycles. The first-order chi connectivity index (χ1) is 16.1. The van der Waals surface area contributed by atoms with Crippen LogP contribution in [0.4, 0.5) is 5.69 Å². The fourth-order valence-electron chi connectivity index (χ4n) is 4.05. The minimum Gasteiger partial charge on any atom is -0.476 e. The molecule has 3 aromatic rings. The van der Waals surface area contributed by atoms with Gasteiger partial charge in [0.2, 0.25) is 5.91 Å². The molecule has 0 unspecified atom stereocenters. The first-order valence-corrected chi connectivity index (χ1v) is 11.9. The van der Waals surface area contributed by atoms with Crippen LogP contribution in [0, 0.1) is 6.92 Å². The number of thiazole rings is 1. The highest BCUT2D eigenvalue weighted by Crippen LogP contribution is 2.34. The van der Waals surface area contributed by atoms with Crippen molar-refractivity contribution in [2.24, 2.45) is 0 Å². The molecule has 1 atom stereocenters. The molecule has 8 heteroatoms. The largest absolute Gasteiger partial charge is 0.476 e. The SMILES string of the molecule is Cc1ccc(-c2nc(CC(=O)N3C[C@H](C(=O)N4CCOCC4)Oc4ccccc43)cs2)cc1. The third-order valence-corrected chi connectivity index (χ3v) is 6.80. The van der Waals surface area contributed by atoms with Crippen molar-refractivity contribution in [3.63, 3.8) is 0 Å². The van der Waals surface area contributed by atoms with Crippen LogP contribution in [-0.4, -0.2) is 60.7 Å². The molecule has 1 aromatic heterocycles. The number of anilines is 1. The number of benzene rings is 2. The molecule has 2 aliphatic rings. The number of ether oxygens (including phenoxy) is 2. The number of aromatic nitrogens is 1. The van der Waals surface area contributed by atoms with E-state index >= 15 is 0 Å². The summed E-state index contributed by atoms with van der Waals surface area (Å²) in [6.45, 7) is 4.34. The van der Waals surface area contributed by atoms with E-state index in [0.29, 0.717) is 37.7 Å². The summed E-state index contributed by atoms with van der Waals surface area (Å²) in [5, 5.41) is 2.82. The Morgan fingerprint density at radius 1 is 1.09 bits per heavy atom. The van der Waals surface area contributed by atoms with Gasteiger partial charge in [-0.2, -0.15) is 0 Å². The lowest BCUT2D eigenvalue weighted by atomic mass is 10.1. The number of hydrogen-bond donors (Lipinski definition) is 0. The molecule has 0 aliphatic carbocycles. The van der Waals surface area contributed by atoms with Crippen LogP contribution >= 0.6 is 11.3 Å². The molecule has 7 nitrogen and oxygen atoms in total. The maximum atomic E-state index is 13.4. The Morgan fingerprint density at radius 3 is 2.64 bits per heavy atom. The molecule has 1 saturated heterocycles. The predicted molar refractivity (Wildman–Crippen MR) is 127 cm³/mol. The number of carbonyl (C=O) groups excluding carboxylic acids is 2. The highest BCUT2D eigenvalue weighted by molar-refractivity contribution is 7.13. The number of nitrogens with zero attached hydrogens (tertiary/aromatic N) is 3. The lowest BCUT2D eigenvalue weighted by molar-refractivity contribution is -0.142. The quantitative estimate of drug-likeness (QED) is 0.594. The second-order valence-electron chi connectivity index (χ2n) is 8.20. The molecule has 0 radical (unpaired) electrons. The van der Waals surface area contributed by atoms with Crippen molar-refractivity contribution in [1.29, 1.82) is 0 Å². The van der Waals surface area contributed by atoms with E-state index < -0.39 is 6.10 Å². The smallest absolute Gasteiger partial charge is 0.265 e. The second-order valence-corrected chi connectivity index (χ2v) is 9.06. The number of rotatable bonds is 4. The van der Waals surface area contributed by atoms with E-state index in [1.807, 2.05) is 42.6 Å². The van der Waals surface area contributed by atoms with Gasteiger partial charge in [0.05, 0.1) is 37.6 Å². The zero-order valence-electron chi connectivity index (χ0n) is 18.4. The zero-order chi connectivity index (χ0) is 22.8. The summed E-state index contributed by atoms with van der Waals surface area (Å²) >= 11 is 1.53. The minimum absolute atomic E-state index is 0.105. The summed E-state index contributed by atoms with van der Waals surface area (Å²) in [6.07, 6.45) is -0.574. The summed E-state index contributed by atoms with van der Waals surface area (Å²) in [6, 6.07) is 15.5. The monoisotopic (exact) mass is 463 g/mol. The van der Waals surface area contributed by atoms with Crippen molar-refractivity contribution < 1.29 is 19.1 Å². The standard InChI is InChI=1S/C25H25N3O4S/c1-17-6-8-18(9-7-17)24-26-19(16-33-24)14-23(29)28-15-22(25(30)27-10-12-31-13-11-27)32-21-5-3-2-4-20(21)28/h2-9,16,22H,10-15H2,1H3/t22-/m1/s1. The fraction of sp³-hybridized carbons (Fsp3) is 0.320. The van der Waals surface area contributed by atoms with Gasteiger partial charge in [-0.25, -0.2) is 4.98 Å². The highest BCUT2D eigenvalue weighted by Gasteiger charge is 2.36. The summed E-state index contributed by atoms with van der Waals surface area (Å²) in [5.74, 6) is 0.328. The van der Waals surface area contributed by atoms with E-state index in [0.717, 1.165) is 16.3 Å². The number of morpholine rings is 1. The number of amides is 2. The van der Waals surface area contributed by atoms with Gasteiger partial charge in [-0.1, -0.05) is 42.0 Å². The van der Waals surface area contributed by atoms with Crippen LogP contribution < -0.4 is 9.64 Å². The summed E-state index contributed by atoms with van der Waals surface area (Å²) in [7, 11) is 0. The van der Waals surface area contributed by atoms with Gasteiger partial charge in [0.25, 0.3) is 5.91 Å². The maximum absolute atomic E-state index is 13.4. The van der Waals surface area contributed by atoms with Crippen molar-refractivity contribution in [3.05, 3.63) is 65.2 Å². The Balaban J connectivity index is 1.34. The van der Waals surface area contributed by atoms with E-state index in [4.69, 9.17) is 9.47 Å². The predicted octanol–water partition coefficient (Wildman–Crippen LogP) is 3.31. The van der Waals surface area contributed by atoms with Crippen LogP contribution in [0.3, 0.4) is 0 Å². The number of fused-ring (bicyclic) bond motifs is 1. The van der Waals surface area contributed by atoms with Crippen molar-refractivity contribution in [2.75, 3.05) is 37.7 Å². The van der Waals surface area contributed by atoms with Gasteiger partial charge in [-0.05, 0) is 19.1 Å². The van der Waals surface area contributed by atoms with Crippen molar-refractivity contribution in [3.8, 4) is 16.3 Å². The van der Waals surface area contributed by atoms with Crippen LogP contribution in [-0.2, 0) is 20.7 Å². The third-order valence-electron chi connectivity index (χ3n) is 5.86. The molecule has 33 heavy (non-hydrogen) atoms. The Labute approximate surface area is 196 Å². The normalized spacial score (nSPS) is 17.9. The van der Waals surface area contributed by atoms with E-state index in [-0.39, 0.29) is 24.8 Å². The van der Waals surface area contributed by atoms with Crippen molar-refractivity contribution in [1.82, 2.24) is 9.88 Å². The van der Waals surface area contributed by atoms with Gasteiger partial charge >= 0.3 is 0 Å². The van der Waals surface area contributed by atoms with Crippen LogP contribution in [0.15, 0.2) is 53.9 Å². The van der Waals surface area contributed by atoms with E-state index in [1.54, 1.807) is 15.9 Å². The molecule has 0 bridgehead atoms. The molecule has 0 saturated carbocycles. The van der Waals surface area contributed by atoms with Gasteiger partial charge in [0.1, 0.15) is 10.8 Å². The van der Waals surface area contributed by atoms with Gasteiger partial charge in [-0.15, -0.1) is 11.3 Å². The molecule has 1 fully saturated rings. The fourth-order valence-corrected chi connectivity index (χ4v) is 4.88. The molecule has 5 rings (SSSR count). The molecular weight excluding hydrogens is 438 g/mol. The van der Waals surface area contributed by atoms with Gasteiger partial charge in [0, 0.05) is 24.0 Å². The molecule has 170 valence electrons. The number of carbonyl (C=O) groups is 2. The maximum Gasteiger partial charge on any atom is 0.265 e. The zero-order valence-corrected chi connectivity index (χ0v) is 19.2. The first-order valence-electron chi connectivity index (χ1n) is 11.0. The van der Waals surface area contributed by atoms with Crippen LogP contribution in [0.25, 0.3) is 10.6 Å². The topological polar surface area (TPSA) is 72.0 Å². The van der Waals surface area contributed by atoms with Crippen LogP contribution in [0.5, 0.6) is 5.75 Å². The van der Waals surface area contributed by atoms with Gasteiger partial charge < -0.3 is 19.3 Å². The van der Waals surface area contributed by atoms with Crippen molar-refractivity contribution >= 4 is 28.8 Å². The average Bonchev–Trinajstić information content (AvgIpc) is 3.32. The molecule has 3 heterocycles. The summed E-state index contributed by atoms with van der Waals surface area (Å²) < 4.78 is 11.4. The van der Waals surface area contributed by atoms with Gasteiger partial charge in [-0.3, -0.25) is 9.59 Å². The Hall–Kier alpha value is -3.23. The summed E-state index contributed by atoms with van der Waals surface area (Å²) in [4.78, 5) is 34.5. The Morgan fingerprint density at radius 2 is 1.85 bits per heavy atom. The average molecular weight is 464 g/mol. The minimum atomic E-state index is -0.736. The first kappa shape index (κ1) is 21.6. The van der Waals surface area contributed by atoms with E-state index in [9.17, 15) is 9.59 Å². The van der Waals surface area contributed by atoms with Crippen molar-refractivity contribution in [2.45, 2.75) is 19.4 Å². The number of aryl methyl sites for hydroxylation is 1. The molecule has 0 N–H and O–H groups in total. The summed E-state index contributed by atoms with van der Waals surface area (Å²) in [5.41, 5.74) is 3.64. The third kappa shape index (κ3) is 4.62. The molecule has 2 amide bonds. The molecule has 0 spiro atoms. The number of hydrogen-bond acceptors (Lipinski definition) is 6. The van der Waals surface area contributed by atoms with Crippen LogP contribution in [0.1, 0.15) is 11.3 Å². The van der Waals surface area contributed by atoms with E-state index in [1.165, 1.54) is 16.9 Å². The Bertz CT molecular complexity index is 1150. The second kappa shape index (κ2) is 9.33. The van der Waals surface area contributed by atoms with Gasteiger partial charge in [0.15, 0.2) is 6.10 Å². The molecule has 2 aliphatic heterocycles. The lowest BCUT2D eigenvalue weighted by Crippen LogP contribution is -2.54.